The second-order valence-electron chi connectivity index (χ2n) is 4.48. The highest BCUT2D eigenvalue weighted by Gasteiger charge is 2.14. The topological polar surface area (TPSA) is 58.1 Å². The molecule has 2 aromatic rings. The molecule has 2 heterocycles. The molecule has 0 aliphatic carbocycles. The molecule has 0 fully saturated rings. The van der Waals surface area contributed by atoms with Crippen LogP contribution in [0.5, 0.6) is 0 Å². The van der Waals surface area contributed by atoms with E-state index < -0.39 is 0 Å². The summed E-state index contributed by atoms with van der Waals surface area (Å²) in [5, 5.41) is 6.15. The zero-order chi connectivity index (χ0) is 14.5. The molecule has 0 saturated heterocycles. The number of rotatable bonds is 5. The lowest BCUT2D eigenvalue weighted by Gasteiger charge is -2.15. The van der Waals surface area contributed by atoms with Gasteiger partial charge in [-0.3, -0.25) is 9.78 Å². The van der Waals surface area contributed by atoms with E-state index in [4.69, 9.17) is 0 Å². The number of pyridine rings is 1. The summed E-state index contributed by atoms with van der Waals surface area (Å²) >= 11 is 1.59. The van der Waals surface area contributed by atoms with Crippen LogP contribution in [0, 0.1) is 6.92 Å². The van der Waals surface area contributed by atoms with Gasteiger partial charge in [0.05, 0.1) is 17.2 Å². The molecule has 0 atom stereocenters. The standard InChI is InChI=1S/C14H18N4OS/c1-4-15-11-5-6-16-13(7-11)14(19)18(3)8-12-9-20-10(2)17-12/h5-7,9H,4,8H2,1-3H3,(H,15,16). The van der Waals surface area contributed by atoms with Crippen LogP contribution in [0.3, 0.4) is 0 Å². The Bertz CT molecular complexity index is 596. The van der Waals surface area contributed by atoms with E-state index in [9.17, 15) is 4.79 Å². The molecular weight excluding hydrogens is 272 g/mol. The van der Waals surface area contributed by atoms with E-state index in [0.717, 1.165) is 22.9 Å². The lowest BCUT2D eigenvalue weighted by molar-refractivity contribution is 0.0778. The van der Waals surface area contributed by atoms with Crippen LogP contribution in [0.4, 0.5) is 5.69 Å². The lowest BCUT2D eigenvalue weighted by Crippen LogP contribution is -2.27. The number of nitrogens with one attached hydrogen (secondary N) is 1. The molecule has 0 aromatic carbocycles. The van der Waals surface area contributed by atoms with Gasteiger partial charge in [0.15, 0.2) is 0 Å². The van der Waals surface area contributed by atoms with Crippen molar-refractivity contribution in [2.24, 2.45) is 0 Å². The van der Waals surface area contributed by atoms with Gasteiger partial charge in [0.2, 0.25) is 0 Å². The molecule has 2 aromatic heterocycles. The molecule has 1 N–H and O–H groups in total. The summed E-state index contributed by atoms with van der Waals surface area (Å²) in [4.78, 5) is 22.5. The summed E-state index contributed by atoms with van der Waals surface area (Å²) in [7, 11) is 1.76. The van der Waals surface area contributed by atoms with Gasteiger partial charge in [-0.2, -0.15) is 0 Å². The Morgan fingerprint density at radius 2 is 2.30 bits per heavy atom. The maximum Gasteiger partial charge on any atom is 0.272 e. The van der Waals surface area contributed by atoms with Gasteiger partial charge >= 0.3 is 0 Å². The van der Waals surface area contributed by atoms with Gasteiger partial charge in [0, 0.05) is 30.9 Å². The fourth-order valence-corrected chi connectivity index (χ4v) is 2.46. The van der Waals surface area contributed by atoms with E-state index in [1.165, 1.54) is 0 Å². The third-order valence-corrected chi connectivity index (χ3v) is 3.59. The molecule has 0 spiro atoms. The Morgan fingerprint density at radius 1 is 1.50 bits per heavy atom. The summed E-state index contributed by atoms with van der Waals surface area (Å²) in [6, 6.07) is 3.62. The minimum absolute atomic E-state index is 0.101. The van der Waals surface area contributed by atoms with Crippen molar-refractivity contribution >= 4 is 22.9 Å². The molecular formula is C14H18N4OS. The van der Waals surface area contributed by atoms with Gasteiger partial charge in [-0.25, -0.2) is 4.98 Å². The predicted octanol–water partition coefficient (Wildman–Crippen LogP) is 2.55. The Morgan fingerprint density at radius 3 is 2.95 bits per heavy atom. The number of thiazole rings is 1. The number of aromatic nitrogens is 2. The Balaban J connectivity index is 2.07. The van der Waals surface area contributed by atoms with Crippen LogP contribution in [0.15, 0.2) is 23.7 Å². The fraction of sp³-hybridized carbons (Fsp3) is 0.357. The number of hydrogen-bond acceptors (Lipinski definition) is 5. The molecule has 0 bridgehead atoms. The van der Waals surface area contributed by atoms with Gasteiger partial charge in [-0.05, 0) is 26.0 Å². The van der Waals surface area contributed by atoms with E-state index in [2.05, 4.69) is 15.3 Å². The van der Waals surface area contributed by atoms with Crippen LogP contribution < -0.4 is 5.32 Å². The molecule has 0 radical (unpaired) electrons. The number of amides is 1. The summed E-state index contributed by atoms with van der Waals surface area (Å²) in [5.74, 6) is -0.101. The van der Waals surface area contributed by atoms with Crippen LogP contribution in [-0.2, 0) is 6.54 Å². The van der Waals surface area contributed by atoms with Crippen molar-refractivity contribution < 1.29 is 4.79 Å². The average Bonchev–Trinajstić information content (AvgIpc) is 2.84. The third-order valence-electron chi connectivity index (χ3n) is 2.77. The number of nitrogens with zero attached hydrogens (tertiary/aromatic N) is 3. The molecule has 1 amide bonds. The van der Waals surface area contributed by atoms with Crippen molar-refractivity contribution in [3.05, 3.63) is 40.1 Å². The number of carbonyl (C=O) groups excluding carboxylic acids is 1. The Hall–Kier alpha value is -1.95. The largest absolute Gasteiger partial charge is 0.385 e. The monoisotopic (exact) mass is 290 g/mol. The smallest absolute Gasteiger partial charge is 0.272 e. The minimum atomic E-state index is -0.101. The molecule has 0 saturated carbocycles. The first-order chi connectivity index (χ1) is 9.60. The molecule has 6 heteroatoms. The first-order valence-electron chi connectivity index (χ1n) is 6.46. The van der Waals surface area contributed by atoms with E-state index in [0.29, 0.717) is 12.2 Å². The molecule has 2 rings (SSSR count). The highest BCUT2D eigenvalue weighted by atomic mass is 32.1. The van der Waals surface area contributed by atoms with E-state index >= 15 is 0 Å². The molecule has 0 aliphatic rings. The van der Waals surface area contributed by atoms with Gasteiger partial charge in [0.25, 0.3) is 5.91 Å². The molecule has 20 heavy (non-hydrogen) atoms. The first kappa shape index (κ1) is 14.5. The normalized spacial score (nSPS) is 10.3. The van der Waals surface area contributed by atoms with Crippen LogP contribution >= 0.6 is 11.3 Å². The predicted molar refractivity (Wildman–Crippen MR) is 81.0 cm³/mol. The Labute approximate surface area is 122 Å². The summed E-state index contributed by atoms with van der Waals surface area (Å²) in [6.07, 6.45) is 1.64. The first-order valence-corrected chi connectivity index (χ1v) is 7.34. The second-order valence-corrected chi connectivity index (χ2v) is 5.54. The van der Waals surface area contributed by atoms with Crippen LogP contribution in [0.2, 0.25) is 0 Å². The van der Waals surface area contributed by atoms with Gasteiger partial charge in [0.1, 0.15) is 5.69 Å². The number of carbonyl (C=O) groups is 1. The molecule has 0 aliphatic heterocycles. The minimum Gasteiger partial charge on any atom is -0.385 e. The van der Waals surface area contributed by atoms with E-state index in [-0.39, 0.29) is 5.91 Å². The van der Waals surface area contributed by atoms with Crippen molar-refractivity contribution in [2.45, 2.75) is 20.4 Å². The molecule has 5 nitrogen and oxygen atoms in total. The maximum atomic E-state index is 12.3. The summed E-state index contributed by atoms with van der Waals surface area (Å²) in [6.45, 7) is 5.28. The van der Waals surface area contributed by atoms with Crippen molar-refractivity contribution in [1.82, 2.24) is 14.9 Å². The van der Waals surface area contributed by atoms with Crippen molar-refractivity contribution in [3.8, 4) is 0 Å². The lowest BCUT2D eigenvalue weighted by atomic mass is 10.2. The highest BCUT2D eigenvalue weighted by molar-refractivity contribution is 7.09. The zero-order valence-corrected chi connectivity index (χ0v) is 12.7. The highest BCUT2D eigenvalue weighted by Crippen LogP contribution is 2.13. The van der Waals surface area contributed by atoms with E-state index in [1.807, 2.05) is 25.3 Å². The van der Waals surface area contributed by atoms with Crippen LogP contribution in [0.1, 0.15) is 28.1 Å². The number of anilines is 1. The molecule has 106 valence electrons. The van der Waals surface area contributed by atoms with Gasteiger partial charge in [-0.1, -0.05) is 0 Å². The number of hydrogen-bond donors (Lipinski definition) is 1. The average molecular weight is 290 g/mol. The van der Waals surface area contributed by atoms with Gasteiger partial charge < -0.3 is 10.2 Å². The van der Waals surface area contributed by atoms with Crippen LogP contribution in [0.25, 0.3) is 0 Å². The summed E-state index contributed by atoms with van der Waals surface area (Å²) in [5.41, 5.74) is 2.26. The Kier molecular flexibility index (Phi) is 4.68. The fourth-order valence-electron chi connectivity index (χ4n) is 1.85. The van der Waals surface area contributed by atoms with Crippen molar-refractivity contribution in [3.63, 3.8) is 0 Å². The van der Waals surface area contributed by atoms with Crippen LogP contribution in [-0.4, -0.2) is 34.4 Å². The maximum absolute atomic E-state index is 12.3. The third kappa shape index (κ3) is 3.54. The van der Waals surface area contributed by atoms with Crippen molar-refractivity contribution in [2.75, 3.05) is 18.9 Å². The number of aryl methyl sites for hydroxylation is 1. The quantitative estimate of drug-likeness (QED) is 0.919. The van der Waals surface area contributed by atoms with E-state index in [1.54, 1.807) is 35.5 Å². The van der Waals surface area contributed by atoms with Gasteiger partial charge in [-0.15, -0.1) is 11.3 Å². The summed E-state index contributed by atoms with van der Waals surface area (Å²) < 4.78 is 0. The SMILES string of the molecule is CCNc1ccnc(C(=O)N(C)Cc2csc(C)n2)c1. The zero-order valence-electron chi connectivity index (χ0n) is 11.9. The second kappa shape index (κ2) is 6.47. The molecule has 0 unspecified atom stereocenters. The van der Waals surface area contributed by atoms with Crippen molar-refractivity contribution in [1.29, 1.82) is 0 Å².